The second kappa shape index (κ2) is 4.97. The van der Waals surface area contributed by atoms with Crippen LogP contribution in [0, 0.1) is 4.77 Å². The van der Waals surface area contributed by atoms with Crippen LogP contribution in [-0.2, 0) is 6.54 Å². The number of hydrogen-bond acceptors (Lipinski definition) is 4. The van der Waals surface area contributed by atoms with Crippen molar-refractivity contribution in [1.29, 1.82) is 0 Å². The van der Waals surface area contributed by atoms with Crippen molar-refractivity contribution in [2.24, 2.45) is 0 Å². The summed E-state index contributed by atoms with van der Waals surface area (Å²) in [5, 5.41) is 7.22. The zero-order valence-electron chi connectivity index (χ0n) is 9.94. The summed E-state index contributed by atoms with van der Waals surface area (Å²) in [5.74, 6) is 1.00. The van der Waals surface area contributed by atoms with Crippen LogP contribution in [0.5, 0.6) is 0 Å². The number of hydrogen-bond donors (Lipinski definition) is 1. The van der Waals surface area contributed by atoms with Crippen molar-refractivity contribution in [1.82, 2.24) is 19.7 Å². The Hall–Kier alpha value is -0.880. The number of rotatable bonds is 4. The molecular formula is C10H19N5S. The SMILES string of the molecule is CN(C)CCn1c(N2CCCC2)n[nH]c1=S. The molecule has 0 bridgehead atoms. The average molecular weight is 241 g/mol. The number of likely N-dealkylation sites (N-methyl/N-ethyl adjacent to an activating group) is 1. The highest BCUT2D eigenvalue weighted by molar-refractivity contribution is 7.71. The molecule has 90 valence electrons. The van der Waals surface area contributed by atoms with Gasteiger partial charge in [-0.15, -0.1) is 5.10 Å². The third kappa shape index (κ3) is 2.44. The van der Waals surface area contributed by atoms with E-state index in [0.29, 0.717) is 0 Å². The van der Waals surface area contributed by atoms with Crippen LogP contribution in [0.3, 0.4) is 0 Å². The molecule has 0 saturated carbocycles. The lowest BCUT2D eigenvalue weighted by molar-refractivity contribution is 0.383. The largest absolute Gasteiger partial charge is 0.341 e. The quantitative estimate of drug-likeness (QED) is 0.802. The third-order valence-electron chi connectivity index (χ3n) is 2.90. The van der Waals surface area contributed by atoms with Gasteiger partial charge in [0.15, 0.2) is 4.77 Å². The summed E-state index contributed by atoms with van der Waals surface area (Å²) in [6.07, 6.45) is 2.51. The fourth-order valence-corrected chi connectivity index (χ4v) is 2.19. The van der Waals surface area contributed by atoms with Gasteiger partial charge in [-0.3, -0.25) is 4.57 Å². The lowest BCUT2D eigenvalue weighted by Crippen LogP contribution is -2.25. The first kappa shape index (κ1) is 11.6. The first-order chi connectivity index (χ1) is 7.68. The lowest BCUT2D eigenvalue weighted by atomic mass is 10.4. The smallest absolute Gasteiger partial charge is 0.225 e. The van der Waals surface area contributed by atoms with Crippen molar-refractivity contribution in [2.45, 2.75) is 19.4 Å². The first-order valence-electron chi connectivity index (χ1n) is 5.73. The summed E-state index contributed by atoms with van der Waals surface area (Å²) >= 11 is 5.26. The van der Waals surface area contributed by atoms with Crippen LogP contribution < -0.4 is 4.90 Å². The maximum atomic E-state index is 5.26. The number of nitrogens with zero attached hydrogens (tertiary/aromatic N) is 4. The summed E-state index contributed by atoms with van der Waals surface area (Å²) in [4.78, 5) is 4.46. The van der Waals surface area contributed by atoms with E-state index < -0.39 is 0 Å². The molecule has 0 spiro atoms. The van der Waals surface area contributed by atoms with Crippen LogP contribution in [-0.4, -0.2) is 53.4 Å². The Morgan fingerprint density at radius 1 is 1.38 bits per heavy atom. The van der Waals surface area contributed by atoms with E-state index in [1.165, 1.54) is 12.8 Å². The molecule has 1 fully saturated rings. The monoisotopic (exact) mass is 241 g/mol. The van der Waals surface area contributed by atoms with Gasteiger partial charge in [-0.1, -0.05) is 0 Å². The van der Waals surface area contributed by atoms with Crippen LogP contribution >= 0.6 is 12.2 Å². The number of anilines is 1. The van der Waals surface area contributed by atoms with Crippen molar-refractivity contribution in [3.63, 3.8) is 0 Å². The Balaban J connectivity index is 2.15. The molecule has 16 heavy (non-hydrogen) atoms. The number of aromatic nitrogens is 3. The van der Waals surface area contributed by atoms with Crippen molar-refractivity contribution in [3.8, 4) is 0 Å². The van der Waals surface area contributed by atoms with Crippen LogP contribution in [0.25, 0.3) is 0 Å². The second-order valence-electron chi connectivity index (χ2n) is 4.48. The Bertz CT molecular complexity index is 388. The highest BCUT2D eigenvalue weighted by Crippen LogP contribution is 2.17. The summed E-state index contributed by atoms with van der Waals surface area (Å²) in [6.45, 7) is 4.08. The molecular weight excluding hydrogens is 222 g/mol. The average Bonchev–Trinajstić information content (AvgIpc) is 2.83. The number of H-pyrrole nitrogens is 1. The highest BCUT2D eigenvalue weighted by atomic mass is 32.1. The fraction of sp³-hybridized carbons (Fsp3) is 0.800. The van der Waals surface area contributed by atoms with Gasteiger partial charge in [0.2, 0.25) is 5.95 Å². The summed E-state index contributed by atoms with van der Waals surface area (Å²) in [5.41, 5.74) is 0. The van der Waals surface area contributed by atoms with Crippen LogP contribution in [0.4, 0.5) is 5.95 Å². The standard InChI is InChI=1S/C10H19N5S/c1-13(2)7-8-15-9(11-12-10(15)16)14-5-3-4-6-14/h3-8H2,1-2H3,(H,12,16). The Kier molecular flexibility index (Phi) is 3.60. The van der Waals surface area contributed by atoms with Crippen molar-refractivity contribution < 1.29 is 0 Å². The minimum absolute atomic E-state index is 0.726. The molecule has 2 heterocycles. The van der Waals surface area contributed by atoms with Crippen LogP contribution in [0.15, 0.2) is 0 Å². The van der Waals surface area contributed by atoms with Gasteiger partial charge >= 0.3 is 0 Å². The summed E-state index contributed by atoms with van der Waals surface area (Å²) in [7, 11) is 4.14. The van der Waals surface area contributed by atoms with Crippen LogP contribution in [0.2, 0.25) is 0 Å². The summed E-state index contributed by atoms with van der Waals surface area (Å²) in [6, 6.07) is 0. The van der Waals surface area contributed by atoms with Gasteiger partial charge in [-0.25, -0.2) is 5.10 Å². The molecule has 0 amide bonds. The lowest BCUT2D eigenvalue weighted by Gasteiger charge is -2.18. The van der Waals surface area contributed by atoms with E-state index in [4.69, 9.17) is 12.2 Å². The minimum atomic E-state index is 0.726. The number of nitrogens with one attached hydrogen (secondary N) is 1. The third-order valence-corrected chi connectivity index (χ3v) is 3.21. The molecule has 0 unspecified atom stereocenters. The van der Waals surface area contributed by atoms with Gasteiger partial charge in [0.1, 0.15) is 0 Å². The Labute approximate surface area is 101 Å². The summed E-state index contributed by atoms with van der Waals surface area (Å²) < 4.78 is 2.82. The van der Waals surface area contributed by atoms with Crippen molar-refractivity contribution in [2.75, 3.05) is 38.6 Å². The van der Waals surface area contributed by atoms with E-state index in [1.54, 1.807) is 0 Å². The van der Waals surface area contributed by atoms with E-state index in [2.05, 4.69) is 38.7 Å². The van der Waals surface area contributed by atoms with Gasteiger partial charge < -0.3 is 9.80 Å². The van der Waals surface area contributed by atoms with Crippen molar-refractivity contribution in [3.05, 3.63) is 4.77 Å². The molecule has 0 aliphatic carbocycles. The predicted octanol–water partition coefficient (Wildman–Crippen LogP) is 1.10. The Morgan fingerprint density at radius 2 is 2.06 bits per heavy atom. The minimum Gasteiger partial charge on any atom is -0.341 e. The molecule has 0 radical (unpaired) electrons. The molecule has 6 heteroatoms. The van der Waals surface area contributed by atoms with Gasteiger partial charge in [0.05, 0.1) is 0 Å². The zero-order valence-corrected chi connectivity index (χ0v) is 10.8. The molecule has 1 N–H and O–H groups in total. The molecule has 1 aliphatic rings. The second-order valence-corrected chi connectivity index (χ2v) is 4.86. The van der Waals surface area contributed by atoms with Crippen LogP contribution in [0.1, 0.15) is 12.8 Å². The van der Waals surface area contributed by atoms with Gasteiger partial charge in [0, 0.05) is 26.2 Å². The molecule has 1 aromatic heterocycles. The Morgan fingerprint density at radius 3 is 2.69 bits per heavy atom. The fourth-order valence-electron chi connectivity index (χ4n) is 1.97. The molecule has 1 aliphatic heterocycles. The van der Waals surface area contributed by atoms with E-state index >= 15 is 0 Å². The van der Waals surface area contributed by atoms with Crippen molar-refractivity contribution >= 4 is 18.2 Å². The van der Waals surface area contributed by atoms with E-state index in [1.807, 2.05) is 0 Å². The molecule has 2 rings (SSSR count). The maximum Gasteiger partial charge on any atom is 0.225 e. The predicted molar refractivity (Wildman–Crippen MR) is 67.4 cm³/mol. The topological polar surface area (TPSA) is 40.1 Å². The van der Waals surface area contributed by atoms with E-state index in [0.717, 1.165) is 36.9 Å². The van der Waals surface area contributed by atoms with E-state index in [-0.39, 0.29) is 0 Å². The normalized spacial score (nSPS) is 16.3. The molecule has 0 aromatic carbocycles. The maximum absolute atomic E-state index is 5.26. The molecule has 1 aromatic rings. The van der Waals surface area contributed by atoms with Gasteiger partial charge in [-0.05, 0) is 39.2 Å². The van der Waals surface area contributed by atoms with Gasteiger partial charge in [-0.2, -0.15) is 0 Å². The van der Waals surface area contributed by atoms with E-state index in [9.17, 15) is 0 Å². The molecule has 5 nitrogen and oxygen atoms in total. The molecule has 1 saturated heterocycles. The number of aromatic amines is 1. The zero-order chi connectivity index (χ0) is 11.5. The van der Waals surface area contributed by atoms with Gasteiger partial charge in [0.25, 0.3) is 0 Å². The molecule has 0 atom stereocenters. The first-order valence-corrected chi connectivity index (χ1v) is 6.14. The highest BCUT2D eigenvalue weighted by Gasteiger charge is 2.18.